The molecule has 1 heterocycles. The third kappa shape index (κ3) is 4.34. The van der Waals surface area contributed by atoms with Gasteiger partial charge in [-0.25, -0.2) is 0 Å². The van der Waals surface area contributed by atoms with E-state index in [4.69, 9.17) is 23.2 Å². The molecule has 0 unspecified atom stereocenters. The SMILES string of the molecule is Clc1ccc(NCCCN2CCCCC2)cc1Cl. The Labute approximate surface area is 119 Å². The number of hydrogen-bond acceptors (Lipinski definition) is 2. The van der Waals surface area contributed by atoms with Crippen LogP contribution in [0.25, 0.3) is 0 Å². The van der Waals surface area contributed by atoms with Crippen molar-refractivity contribution in [1.29, 1.82) is 0 Å². The number of rotatable bonds is 5. The van der Waals surface area contributed by atoms with Gasteiger partial charge >= 0.3 is 0 Å². The first kappa shape index (κ1) is 14.0. The molecule has 0 radical (unpaired) electrons. The van der Waals surface area contributed by atoms with E-state index in [1.54, 1.807) is 0 Å². The van der Waals surface area contributed by atoms with Crippen LogP contribution in [0.2, 0.25) is 10.0 Å². The first-order valence-electron chi connectivity index (χ1n) is 6.67. The van der Waals surface area contributed by atoms with Crippen molar-refractivity contribution >= 4 is 28.9 Å². The van der Waals surface area contributed by atoms with Crippen molar-refractivity contribution in [2.45, 2.75) is 25.7 Å². The van der Waals surface area contributed by atoms with E-state index in [1.165, 1.54) is 45.3 Å². The summed E-state index contributed by atoms with van der Waals surface area (Å²) in [4.78, 5) is 2.56. The summed E-state index contributed by atoms with van der Waals surface area (Å²) >= 11 is 11.8. The number of benzene rings is 1. The monoisotopic (exact) mass is 286 g/mol. The van der Waals surface area contributed by atoms with E-state index in [0.717, 1.165) is 12.2 Å². The molecule has 1 aromatic carbocycles. The third-order valence-corrected chi connectivity index (χ3v) is 4.09. The largest absolute Gasteiger partial charge is 0.385 e. The zero-order valence-electron chi connectivity index (χ0n) is 10.6. The number of halogens is 2. The van der Waals surface area contributed by atoms with Crippen molar-refractivity contribution in [3.8, 4) is 0 Å². The van der Waals surface area contributed by atoms with E-state index in [9.17, 15) is 0 Å². The van der Waals surface area contributed by atoms with Gasteiger partial charge in [0.1, 0.15) is 0 Å². The quantitative estimate of drug-likeness (QED) is 0.813. The summed E-state index contributed by atoms with van der Waals surface area (Å²) in [7, 11) is 0. The normalized spacial score (nSPS) is 16.8. The van der Waals surface area contributed by atoms with E-state index in [0.29, 0.717) is 10.0 Å². The average molecular weight is 287 g/mol. The Morgan fingerprint density at radius 1 is 1.06 bits per heavy atom. The lowest BCUT2D eigenvalue weighted by atomic mass is 10.1. The molecule has 0 amide bonds. The van der Waals surface area contributed by atoms with Gasteiger partial charge in [0, 0.05) is 12.2 Å². The molecule has 0 aromatic heterocycles. The van der Waals surface area contributed by atoms with Gasteiger partial charge in [0.25, 0.3) is 0 Å². The highest BCUT2D eigenvalue weighted by molar-refractivity contribution is 6.42. The summed E-state index contributed by atoms with van der Waals surface area (Å²) in [6.45, 7) is 4.71. The Bertz CT molecular complexity index is 376. The van der Waals surface area contributed by atoms with Crippen LogP contribution < -0.4 is 5.32 Å². The smallest absolute Gasteiger partial charge is 0.0612 e. The number of nitrogens with one attached hydrogen (secondary N) is 1. The second-order valence-corrected chi connectivity index (χ2v) is 5.63. The van der Waals surface area contributed by atoms with Crippen molar-refractivity contribution < 1.29 is 0 Å². The lowest BCUT2D eigenvalue weighted by molar-refractivity contribution is 0.228. The fourth-order valence-corrected chi connectivity index (χ4v) is 2.62. The molecule has 2 nitrogen and oxygen atoms in total. The Balaban J connectivity index is 1.66. The predicted molar refractivity (Wildman–Crippen MR) is 79.9 cm³/mol. The van der Waals surface area contributed by atoms with Gasteiger partial charge in [-0.2, -0.15) is 0 Å². The van der Waals surface area contributed by atoms with E-state index >= 15 is 0 Å². The van der Waals surface area contributed by atoms with Crippen LogP contribution in [0.15, 0.2) is 18.2 Å². The van der Waals surface area contributed by atoms with Gasteiger partial charge in [0.15, 0.2) is 0 Å². The van der Waals surface area contributed by atoms with Crippen molar-refractivity contribution in [2.24, 2.45) is 0 Å². The highest BCUT2D eigenvalue weighted by Gasteiger charge is 2.08. The summed E-state index contributed by atoms with van der Waals surface area (Å²) in [5.74, 6) is 0. The minimum atomic E-state index is 0.607. The zero-order chi connectivity index (χ0) is 12.8. The third-order valence-electron chi connectivity index (χ3n) is 3.35. The molecule has 0 spiro atoms. The van der Waals surface area contributed by atoms with E-state index < -0.39 is 0 Å². The molecule has 100 valence electrons. The van der Waals surface area contributed by atoms with Gasteiger partial charge in [0.2, 0.25) is 0 Å². The van der Waals surface area contributed by atoms with E-state index in [2.05, 4.69) is 10.2 Å². The van der Waals surface area contributed by atoms with Gasteiger partial charge in [-0.05, 0) is 57.1 Å². The maximum Gasteiger partial charge on any atom is 0.0612 e. The predicted octanol–water partition coefficient (Wildman–Crippen LogP) is 4.28. The summed E-state index contributed by atoms with van der Waals surface area (Å²) in [6.07, 6.45) is 5.29. The number of hydrogen-bond donors (Lipinski definition) is 1. The van der Waals surface area contributed by atoms with E-state index in [-0.39, 0.29) is 0 Å². The summed E-state index contributed by atoms with van der Waals surface area (Å²) in [5, 5.41) is 4.60. The lowest BCUT2D eigenvalue weighted by Gasteiger charge is -2.26. The molecule has 0 saturated carbocycles. The maximum absolute atomic E-state index is 5.97. The van der Waals surface area contributed by atoms with Crippen molar-refractivity contribution in [3.05, 3.63) is 28.2 Å². The van der Waals surface area contributed by atoms with Crippen LogP contribution in [0.5, 0.6) is 0 Å². The molecule has 1 fully saturated rings. The van der Waals surface area contributed by atoms with Gasteiger partial charge < -0.3 is 10.2 Å². The van der Waals surface area contributed by atoms with Crippen molar-refractivity contribution in [1.82, 2.24) is 4.90 Å². The standard InChI is InChI=1S/C14H20Cl2N2/c15-13-6-5-12(11-14(13)16)17-7-4-10-18-8-2-1-3-9-18/h5-6,11,17H,1-4,7-10H2. The zero-order valence-corrected chi connectivity index (χ0v) is 12.1. The fraction of sp³-hybridized carbons (Fsp3) is 0.571. The first-order valence-corrected chi connectivity index (χ1v) is 7.42. The van der Waals surface area contributed by atoms with Crippen LogP contribution in [0.1, 0.15) is 25.7 Å². The van der Waals surface area contributed by atoms with Crippen LogP contribution in [0.3, 0.4) is 0 Å². The van der Waals surface area contributed by atoms with E-state index in [1.807, 2.05) is 18.2 Å². The number of anilines is 1. The molecule has 1 aliphatic rings. The van der Waals surface area contributed by atoms with Gasteiger partial charge in [-0.3, -0.25) is 0 Å². The molecule has 1 saturated heterocycles. The molecule has 0 bridgehead atoms. The van der Waals surface area contributed by atoms with Crippen molar-refractivity contribution in [2.75, 3.05) is 31.5 Å². The molecule has 1 N–H and O–H groups in total. The summed E-state index contributed by atoms with van der Waals surface area (Å²) in [6, 6.07) is 5.68. The molecular formula is C14H20Cl2N2. The minimum Gasteiger partial charge on any atom is -0.385 e. The Hall–Kier alpha value is -0.440. The van der Waals surface area contributed by atoms with Crippen LogP contribution in [-0.2, 0) is 0 Å². The fourth-order valence-electron chi connectivity index (χ4n) is 2.32. The topological polar surface area (TPSA) is 15.3 Å². The second kappa shape index (κ2) is 7.22. The molecule has 1 aromatic rings. The molecule has 0 aliphatic carbocycles. The Morgan fingerprint density at radius 3 is 2.56 bits per heavy atom. The van der Waals surface area contributed by atoms with Crippen LogP contribution in [0, 0.1) is 0 Å². The minimum absolute atomic E-state index is 0.607. The van der Waals surface area contributed by atoms with Crippen LogP contribution in [0.4, 0.5) is 5.69 Å². The van der Waals surface area contributed by atoms with Crippen molar-refractivity contribution in [3.63, 3.8) is 0 Å². The molecule has 0 atom stereocenters. The highest BCUT2D eigenvalue weighted by Crippen LogP contribution is 2.24. The molecule has 2 rings (SSSR count). The number of piperidine rings is 1. The first-order chi connectivity index (χ1) is 8.75. The van der Waals surface area contributed by atoms with Gasteiger partial charge in [-0.1, -0.05) is 29.6 Å². The Morgan fingerprint density at radius 2 is 1.83 bits per heavy atom. The number of nitrogens with zero attached hydrogens (tertiary/aromatic N) is 1. The van der Waals surface area contributed by atoms with Crippen LogP contribution >= 0.6 is 23.2 Å². The highest BCUT2D eigenvalue weighted by atomic mass is 35.5. The van der Waals surface area contributed by atoms with Gasteiger partial charge in [-0.15, -0.1) is 0 Å². The average Bonchev–Trinajstić information content (AvgIpc) is 2.40. The van der Waals surface area contributed by atoms with Gasteiger partial charge in [0.05, 0.1) is 10.0 Å². The maximum atomic E-state index is 5.97. The second-order valence-electron chi connectivity index (χ2n) is 4.81. The summed E-state index contributed by atoms with van der Waals surface area (Å²) < 4.78 is 0. The van der Waals surface area contributed by atoms with Crippen LogP contribution in [-0.4, -0.2) is 31.1 Å². The molecule has 4 heteroatoms. The molecule has 18 heavy (non-hydrogen) atoms. The molecule has 1 aliphatic heterocycles. The summed E-state index contributed by atoms with van der Waals surface area (Å²) in [5.41, 5.74) is 1.04. The lowest BCUT2D eigenvalue weighted by Crippen LogP contribution is -2.31. The Kier molecular flexibility index (Phi) is 5.61. The number of likely N-dealkylation sites (tertiary alicyclic amines) is 1. The molecular weight excluding hydrogens is 267 g/mol.